The molecule has 1 atom stereocenters. The summed E-state index contributed by atoms with van der Waals surface area (Å²) in [5, 5.41) is 22.1. The van der Waals surface area contributed by atoms with Crippen LogP contribution >= 0.6 is 0 Å². The second kappa shape index (κ2) is 4.58. The molecule has 0 heterocycles. The van der Waals surface area contributed by atoms with Crippen LogP contribution in [0.4, 0.5) is 11.4 Å². The maximum Gasteiger partial charge on any atom is 0.271 e. The lowest BCUT2D eigenvalue weighted by atomic mass is 10.2. The summed E-state index contributed by atoms with van der Waals surface area (Å²) in [6.45, 7) is 1.46. The van der Waals surface area contributed by atoms with Crippen molar-refractivity contribution < 1.29 is 14.8 Å². The monoisotopic (exact) mass is 225 g/mol. The predicted octanol–water partition coefficient (Wildman–Crippen LogP) is 0.586. The molecular weight excluding hydrogens is 214 g/mol. The van der Waals surface area contributed by atoms with Gasteiger partial charge in [0.05, 0.1) is 16.7 Å². The number of anilines is 1. The smallest absolute Gasteiger partial charge is 0.271 e. The van der Waals surface area contributed by atoms with Crippen LogP contribution in [0, 0.1) is 10.1 Å². The lowest BCUT2D eigenvalue weighted by Crippen LogP contribution is -2.32. The maximum absolute atomic E-state index is 11.2. The van der Waals surface area contributed by atoms with E-state index in [0.29, 0.717) is 0 Å². The first-order valence-electron chi connectivity index (χ1n) is 4.45. The number of nitrogens with two attached hydrogens (primary N) is 1. The zero-order chi connectivity index (χ0) is 12.3. The molecule has 1 aromatic carbocycles. The van der Waals surface area contributed by atoms with Gasteiger partial charge in [0.2, 0.25) is 5.91 Å². The highest BCUT2D eigenvalue weighted by atomic mass is 16.6. The van der Waals surface area contributed by atoms with Crippen molar-refractivity contribution in [2.45, 2.75) is 13.0 Å². The topological polar surface area (TPSA) is 118 Å². The van der Waals surface area contributed by atoms with Crippen molar-refractivity contribution in [3.05, 3.63) is 28.3 Å². The van der Waals surface area contributed by atoms with Crippen molar-refractivity contribution in [2.24, 2.45) is 5.73 Å². The number of nitro benzene ring substituents is 1. The van der Waals surface area contributed by atoms with Gasteiger partial charge in [0.1, 0.15) is 5.75 Å². The number of hydrogen-bond acceptors (Lipinski definition) is 5. The number of amides is 1. The van der Waals surface area contributed by atoms with E-state index in [2.05, 4.69) is 5.32 Å². The molecule has 0 fully saturated rings. The van der Waals surface area contributed by atoms with Crippen molar-refractivity contribution >= 4 is 17.3 Å². The summed E-state index contributed by atoms with van der Waals surface area (Å²) in [6.07, 6.45) is 0. The lowest BCUT2D eigenvalue weighted by molar-refractivity contribution is -0.384. The number of carbonyl (C=O) groups excluding carboxylic acids is 1. The number of phenolic OH excluding ortho intramolecular Hbond substituents is 1. The van der Waals surface area contributed by atoms with Gasteiger partial charge in [-0.3, -0.25) is 14.9 Å². The summed E-state index contributed by atoms with van der Waals surface area (Å²) >= 11 is 0. The molecule has 0 aliphatic heterocycles. The Labute approximate surface area is 91.0 Å². The highest BCUT2D eigenvalue weighted by Crippen LogP contribution is 2.27. The SMILES string of the molecule is CC(N)C(=O)Nc1cc([N+](=O)[O-])ccc1O. The second-order valence-corrected chi connectivity index (χ2v) is 3.24. The number of non-ortho nitro benzene ring substituents is 1. The van der Waals surface area contributed by atoms with Crippen LogP contribution in [0.1, 0.15) is 6.92 Å². The maximum atomic E-state index is 11.2. The van der Waals surface area contributed by atoms with Gasteiger partial charge in [-0.15, -0.1) is 0 Å². The summed E-state index contributed by atoms with van der Waals surface area (Å²) in [5.74, 6) is -0.782. The van der Waals surface area contributed by atoms with Crippen molar-refractivity contribution in [3.8, 4) is 5.75 Å². The zero-order valence-corrected chi connectivity index (χ0v) is 8.51. The molecule has 0 bridgehead atoms. The van der Waals surface area contributed by atoms with Crippen LogP contribution < -0.4 is 11.1 Å². The zero-order valence-electron chi connectivity index (χ0n) is 8.51. The first-order valence-corrected chi connectivity index (χ1v) is 4.45. The fourth-order valence-electron chi connectivity index (χ4n) is 0.984. The van der Waals surface area contributed by atoms with Crippen molar-refractivity contribution in [3.63, 3.8) is 0 Å². The largest absolute Gasteiger partial charge is 0.506 e. The fourth-order valence-corrected chi connectivity index (χ4v) is 0.984. The van der Waals surface area contributed by atoms with E-state index < -0.39 is 16.9 Å². The average molecular weight is 225 g/mol. The minimum absolute atomic E-state index is 0.0310. The van der Waals surface area contributed by atoms with E-state index >= 15 is 0 Å². The first-order chi connectivity index (χ1) is 7.41. The third-order valence-corrected chi connectivity index (χ3v) is 1.86. The quantitative estimate of drug-likeness (QED) is 0.395. The Morgan fingerprint density at radius 1 is 1.62 bits per heavy atom. The van der Waals surface area contributed by atoms with Crippen molar-refractivity contribution in [2.75, 3.05) is 5.32 Å². The van der Waals surface area contributed by atoms with Gasteiger partial charge in [0.15, 0.2) is 0 Å². The number of aromatic hydroxyl groups is 1. The Morgan fingerprint density at radius 2 is 2.25 bits per heavy atom. The number of carbonyl (C=O) groups is 1. The van der Waals surface area contributed by atoms with Gasteiger partial charge >= 0.3 is 0 Å². The van der Waals surface area contributed by atoms with Gasteiger partial charge < -0.3 is 16.2 Å². The van der Waals surface area contributed by atoms with E-state index in [0.717, 1.165) is 18.2 Å². The minimum atomic E-state index is -0.765. The van der Waals surface area contributed by atoms with Crippen LogP contribution in [0.25, 0.3) is 0 Å². The van der Waals surface area contributed by atoms with Crippen LogP contribution in [-0.2, 0) is 4.79 Å². The molecule has 1 rings (SSSR count). The summed E-state index contributed by atoms with van der Waals surface area (Å²) in [7, 11) is 0. The first kappa shape index (κ1) is 11.9. The average Bonchev–Trinajstić information content (AvgIpc) is 2.20. The molecule has 7 nitrogen and oxygen atoms in total. The number of benzene rings is 1. The van der Waals surface area contributed by atoms with Gasteiger partial charge in [-0.2, -0.15) is 0 Å². The Hall–Kier alpha value is -2.15. The highest BCUT2D eigenvalue weighted by Gasteiger charge is 2.14. The molecule has 86 valence electrons. The molecule has 0 saturated heterocycles. The second-order valence-electron chi connectivity index (χ2n) is 3.24. The third kappa shape index (κ3) is 2.67. The van der Waals surface area contributed by atoms with E-state index in [4.69, 9.17) is 5.73 Å². The van der Waals surface area contributed by atoms with E-state index in [-0.39, 0.29) is 17.1 Å². The van der Waals surface area contributed by atoms with Gasteiger partial charge in [0.25, 0.3) is 5.69 Å². The summed E-state index contributed by atoms with van der Waals surface area (Å²) in [6, 6.07) is 2.57. The molecule has 4 N–H and O–H groups in total. The highest BCUT2D eigenvalue weighted by molar-refractivity contribution is 5.95. The normalized spacial score (nSPS) is 11.9. The molecule has 0 aliphatic carbocycles. The number of nitrogens with zero attached hydrogens (tertiary/aromatic N) is 1. The Morgan fingerprint density at radius 3 is 2.75 bits per heavy atom. The predicted molar refractivity (Wildman–Crippen MR) is 57.0 cm³/mol. The fraction of sp³-hybridized carbons (Fsp3) is 0.222. The summed E-state index contributed by atoms with van der Waals surface area (Å²) < 4.78 is 0. The number of phenols is 1. The molecule has 1 amide bonds. The Balaban J connectivity index is 2.99. The third-order valence-electron chi connectivity index (χ3n) is 1.86. The Kier molecular flexibility index (Phi) is 3.41. The lowest BCUT2D eigenvalue weighted by Gasteiger charge is -2.08. The van der Waals surface area contributed by atoms with E-state index in [1.165, 1.54) is 6.92 Å². The molecule has 0 saturated carbocycles. The Bertz CT molecular complexity index is 431. The van der Waals surface area contributed by atoms with E-state index in [1.807, 2.05) is 0 Å². The molecule has 0 aliphatic rings. The van der Waals surface area contributed by atoms with Crippen LogP contribution in [0.5, 0.6) is 5.75 Å². The van der Waals surface area contributed by atoms with Crippen molar-refractivity contribution in [1.29, 1.82) is 0 Å². The summed E-state index contributed by atoms with van der Waals surface area (Å²) in [5.41, 5.74) is 5.05. The molecule has 16 heavy (non-hydrogen) atoms. The molecule has 0 radical (unpaired) electrons. The molecule has 7 heteroatoms. The van der Waals surface area contributed by atoms with Gasteiger partial charge in [0, 0.05) is 12.1 Å². The molecule has 1 aromatic rings. The molecule has 0 spiro atoms. The van der Waals surface area contributed by atoms with Crippen LogP contribution in [-0.4, -0.2) is 22.0 Å². The standard InChI is InChI=1S/C9H11N3O4/c1-5(10)9(14)11-7-4-6(12(15)16)2-3-8(7)13/h2-5,13H,10H2,1H3,(H,11,14). The van der Waals surface area contributed by atoms with E-state index in [9.17, 15) is 20.0 Å². The van der Waals surface area contributed by atoms with Gasteiger partial charge in [-0.1, -0.05) is 0 Å². The van der Waals surface area contributed by atoms with Gasteiger partial charge in [-0.05, 0) is 13.0 Å². The van der Waals surface area contributed by atoms with E-state index in [1.54, 1.807) is 0 Å². The van der Waals surface area contributed by atoms with Gasteiger partial charge in [-0.25, -0.2) is 0 Å². The minimum Gasteiger partial charge on any atom is -0.506 e. The number of nitro groups is 1. The number of rotatable bonds is 3. The molecular formula is C9H11N3O4. The van der Waals surface area contributed by atoms with Crippen molar-refractivity contribution in [1.82, 2.24) is 0 Å². The van der Waals surface area contributed by atoms with Crippen LogP contribution in [0.15, 0.2) is 18.2 Å². The summed E-state index contributed by atoms with van der Waals surface area (Å²) in [4.78, 5) is 21.1. The number of nitrogens with one attached hydrogen (secondary N) is 1. The van der Waals surface area contributed by atoms with Crippen LogP contribution in [0.2, 0.25) is 0 Å². The van der Waals surface area contributed by atoms with Crippen LogP contribution in [0.3, 0.4) is 0 Å². The number of hydrogen-bond donors (Lipinski definition) is 3. The molecule has 0 aromatic heterocycles. The molecule has 1 unspecified atom stereocenters.